The van der Waals surface area contributed by atoms with Gasteiger partial charge in [0, 0.05) is 18.2 Å². The van der Waals surface area contributed by atoms with Crippen molar-refractivity contribution in [1.29, 1.82) is 0 Å². The number of amides is 1. The Morgan fingerprint density at radius 1 is 1.24 bits per heavy atom. The Labute approximate surface area is 142 Å². The second kappa shape index (κ2) is 6.58. The summed E-state index contributed by atoms with van der Waals surface area (Å²) in [6.45, 7) is 3.52. The molecule has 1 amide bonds. The lowest BCUT2D eigenvalue weighted by Crippen LogP contribution is -2.45. The summed E-state index contributed by atoms with van der Waals surface area (Å²) in [5.74, 6) is -0.511. The molecular formula is C16H18FN5O3. The van der Waals surface area contributed by atoms with Crippen molar-refractivity contribution in [2.24, 2.45) is 0 Å². The van der Waals surface area contributed by atoms with E-state index in [0.717, 1.165) is 4.68 Å². The van der Waals surface area contributed by atoms with Crippen LogP contribution in [0.2, 0.25) is 0 Å². The normalized spacial score (nSPS) is 17.3. The molecule has 1 unspecified atom stereocenters. The van der Waals surface area contributed by atoms with E-state index in [0.29, 0.717) is 29.6 Å². The smallest absolute Gasteiger partial charge is 0.297 e. The average molecular weight is 347 g/mol. The number of halogens is 1. The zero-order valence-corrected chi connectivity index (χ0v) is 13.9. The predicted molar refractivity (Wildman–Crippen MR) is 87.0 cm³/mol. The molecule has 0 saturated heterocycles. The van der Waals surface area contributed by atoms with Gasteiger partial charge in [-0.3, -0.25) is 9.69 Å². The number of benzene rings is 1. The first kappa shape index (κ1) is 17.0. The summed E-state index contributed by atoms with van der Waals surface area (Å²) in [6, 6.07) is 3.69. The highest BCUT2D eigenvalue weighted by Gasteiger charge is 2.32. The van der Waals surface area contributed by atoms with Crippen LogP contribution < -0.4 is 10.6 Å². The van der Waals surface area contributed by atoms with E-state index in [-0.39, 0.29) is 11.8 Å². The van der Waals surface area contributed by atoms with E-state index >= 15 is 0 Å². The minimum absolute atomic E-state index is 0.0825. The fourth-order valence-electron chi connectivity index (χ4n) is 2.96. The Hall–Kier alpha value is -2.84. The molecule has 0 N–H and O–H groups in total. The lowest BCUT2D eigenvalue weighted by molar-refractivity contribution is -0.120. The molecule has 2 aromatic rings. The molecule has 0 aliphatic heterocycles. The van der Waals surface area contributed by atoms with Gasteiger partial charge in [-0.1, -0.05) is 0 Å². The van der Waals surface area contributed by atoms with Gasteiger partial charge in [-0.15, -0.1) is 4.68 Å². The first-order valence-corrected chi connectivity index (χ1v) is 8.06. The van der Waals surface area contributed by atoms with Crippen molar-refractivity contribution < 1.29 is 14.0 Å². The quantitative estimate of drug-likeness (QED) is 0.789. The number of tetrazole rings is 1. The van der Waals surface area contributed by atoms with Gasteiger partial charge in [0.05, 0.1) is 0 Å². The SMILES string of the molecule is CC(C)N(C(=O)n1nnn(C2CCCC2=O)c1=O)c1ccc(F)cc1. The van der Waals surface area contributed by atoms with Crippen LogP contribution >= 0.6 is 0 Å². The molecule has 25 heavy (non-hydrogen) atoms. The maximum atomic E-state index is 13.1. The fourth-order valence-corrected chi connectivity index (χ4v) is 2.96. The Balaban J connectivity index is 1.96. The Bertz CT molecular complexity index is 855. The molecule has 1 aromatic heterocycles. The van der Waals surface area contributed by atoms with Gasteiger partial charge in [0.2, 0.25) is 0 Å². The van der Waals surface area contributed by atoms with Gasteiger partial charge >= 0.3 is 11.7 Å². The number of hydrogen-bond acceptors (Lipinski definition) is 5. The standard InChI is InChI=1S/C16H18FN5O3/c1-10(2)20(12-8-6-11(17)7-9-12)15(24)22-16(25)21(18-19-22)13-4-3-5-14(13)23/h6-10,13H,3-5H2,1-2H3. The molecule has 3 rings (SSSR count). The third-order valence-electron chi connectivity index (χ3n) is 4.18. The van der Waals surface area contributed by atoms with Crippen molar-refractivity contribution in [2.75, 3.05) is 4.90 Å². The van der Waals surface area contributed by atoms with Crippen molar-refractivity contribution >= 4 is 17.5 Å². The van der Waals surface area contributed by atoms with Gasteiger partial charge in [-0.05, 0) is 61.4 Å². The molecule has 9 heteroatoms. The van der Waals surface area contributed by atoms with Crippen LogP contribution in [0.5, 0.6) is 0 Å². The number of rotatable bonds is 3. The van der Waals surface area contributed by atoms with Crippen LogP contribution in [0.4, 0.5) is 14.9 Å². The number of carbonyl (C=O) groups is 2. The van der Waals surface area contributed by atoms with Gasteiger partial charge in [0.1, 0.15) is 11.9 Å². The molecule has 1 aliphatic rings. The third-order valence-corrected chi connectivity index (χ3v) is 4.18. The summed E-state index contributed by atoms with van der Waals surface area (Å²) in [6.07, 6.45) is 1.59. The molecule has 0 radical (unpaired) electrons. The summed E-state index contributed by atoms with van der Waals surface area (Å²) in [7, 11) is 0. The average Bonchev–Trinajstić information content (AvgIpc) is 3.14. The molecule has 0 bridgehead atoms. The monoisotopic (exact) mass is 347 g/mol. The molecule has 1 heterocycles. The van der Waals surface area contributed by atoms with Crippen LogP contribution in [-0.4, -0.2) is 37.6 Å². The second-order valence-corrected chi connectivity index (χ2v) is 6.21. The molecule has 1 fully saturated rings. The number of anilines is 1. The van der Waals surface area contributed by atoms with Crippen LogP contribution in [0.25, 0.3) is 0 Å². The van der Waals surface area contributed by atoms with Gasteiger partial charge < -0.3 is 0 Å². The third kappa shape index (κ3) is 3.09. The van der Waals surface area contributed by atoms with Gasteiger partial charge in [0.15, 0.2) is 5.78 Å². The van der Waals surface area contributed by atoms with E-state index in [9.17, 15) is 18.8 Å². The maximum absolute atomic E-state index is 13.1. The van der Waals surface area contributed by atoms with Crippen molar-refractivity contribution in [3.63, 3.8) is 0 Å². The molecule has 1 saturated carbocycles. The molecule has 1 atom stereocenters. The van der Waals surface area contributed by atoms with Crippen LogP contribution in [0.1, 0.15) is 39.2 Å². The van der Waals surface area contributed by atoms with E-state index in [2.05, 4.69) is 10.4 Å². The van der Waals surface area contributed by atoms with Crippen LogP contribution in [-0.2, 0) is 4.79 Å². The number of carbonyl (C=O) groups excluding carboxylic acids is 2. The Morgan fingerprint density at radius 3 is 2.48 bits per heavy atom. The highest BCUT2D eigenvalue weighted by atomic mass is 19.1. The Kier molecular flexibility index (Phi) is 4.47. The fraction of sp³-hybridized carbons (Fsp3) is 0.438. The van der Waals surface area contributed by atoms with E-state index in [1.54, 1.807) is 13.8 Å². The summed E-state index contributed by atoms with van der Waals surface area (Å²) < 4.78 is 14.7. The summed E-state index contributed by atoms with van der Waals surface area (Å²) >= 11 is 0. The van der Waals surface area contributed by atoms with Gasteiger partial charge in [0.25, 0.3) is 0 Å². The lowest BCUT2D eigenvalue weighted by atomic mass is 10.2. The molecular weight excluding hydrogens is 329 g/mol. The lowest BCUT2D eigenvalue weighted by Gasteiger charge is -2.25. The van der Waals surface area contributed by atoms with E-state index in [4.69, 9.17) is 0 Å². The first-order valence-electron chi connectivity index (χ1n) is 8.06. The minimum Gasteiger partial charge on any atom is -0.297 e. The van der Waals surface area contributed by atoms with Crippen LogP contribution in [0, 0.1) is 5.82 Å². The first-order chi connectivity index (χ1) is 11.9. The van der Waals surface area contributed by atoms with Crippen LogP contribution in [0.15, 0.2) is 29.1 Å². The Morgan fingerprint density at radius 2 is 1.92 bits per heavy atom. The predicted octanol–water partition coefficient (Wildman–Crippen LogP) is 1.76. The zero-order chi connectivity index (χ0) is 18.1. The number of Topliss-reactive ketones (excluding diaryl/α,β-unsaturated/α-hetero) is 1. The number of nitrogens with zero attached hydrogens (tertiary/aromatic N) is 5. The number of ketones is 1. The molecule has 132 valence electrons. The van der Waals surface area contributed by atoms with Crippen LogP contribution in [0.3, 0.4) is 0 Å². The van der Waals surface area contributed by atoms with E-state index in [1.807, 2.05) is 0 Å². The molecule has 1 aliphatic carbocycles. The number of aromatic nitrogens is 4. The topological polar surface area (TPSA) is 90.1 Å². The highest BCUT2D eigenvalue weighted by Crippen LogP contribution is 2.24. The molecule has 1 aromatic carbocycles. The van der Waals surface area contributed by atoms with Gasteiger partial charge in [-0.25, -0.2) is 14.0 Å². The maximum Gasteiger partial charge on any atom is 0.373 e. The minimum atomic E-state index is -0.752. The van der Waals surface area contributed by atoms with Gasteiger partial charge in [-0.2, -0.15) is 4.68 Å². The molecule has 0 spiro atoms. The zero-order valence-electron chi connectivity index (χ0n) is 13.9. The van der Waals surface area contributed by atoms with Crippen molar-refractivity contribution in [2.45, 2.75) is 45.2 Å². The summed E-state index contributed by atoms with van der Waals surface area (Å²) in [5, 5.41) is 7.35. The molecule has 8 nitrogen and oxygen atoms in total. The largest absolute Gasteiger partial charge is 0.373 e. The van der Waals surface area contributed by atoms with E-state index < -0.39 is 23.6 Å². The van der Waals surface area contributed by atoms with Crippen molar-refractivity contribution in [1.82, 2.24) is 19.8 Å². The van der Waals surface area contributed by atoms with Crippen molar-refractivity contribution in [3.8, 4) is 0 Å². The number of hydrogen-bond donors (Lipinski definition) is 0. The second-order valence-electron chi connectivity index (χ2n) is 6.21. The summed E-state index contributed by atoms with van der Waals surface area (Å²) in [5.41, 5.74) is -0.321. The highest BCUT2D eigenvalue weighted by molar-refractivity contribution is 5.93. The van der Waals surface area contributed by atoms with E-state index in [1.165, 1.54) is 29.2 Å². The van der Waals surface area contributed by atoms with Crippen molar-refractivity contribution in [3.05, 3.63) is 40.6 Å². The summed E-state index contributed by atoms with van der Waals surface area (Å²) in [4.78, 5) is 38.4.